The highest BCUT2D eigenvalue weighted by molar-refractivity contribution is 5.71. The van der Waals surface area contributed by atoms with Crippen molar-refractivity contribution in [3.05, 3.63) is 58.7 Å². The van der Waals surface area contributed by atoms with Crippen LogP contribution >= 0.6 is 0 Å². The fraction of sp³-hybridized carbons (Fsp3) is 0.519. The predicted octanol–water partition coefficient (Wildman–Crippen LogP) is 4.91. The summed E-state index contributed by atoms with van der Waals surface area (Å²) in [6.45, 7) is 7.37. The van der Waals surface area contributed by atoms with Crippen molar-refractivity contribution >= 4 is 5.97 Å². The van der Waals surface area contributed by atoms with Crippen LogP contribution in [0.25, 0.3) is 0 Å². The number of benzene rings is 2. The number of carboxylic acid groups (broad SMARTS) is 1. The molecular weight excluding hydrogens is 402 g/mol. The van der Waals surface area contributed by atoms with Gasteiger partial charge in [-0.1, -0.05) is 38.5 Å². The highest BCUT2D eigenvalue weighted by Gasteiger charge is 2.36. The smallest absolute Gasteiger partial charge is 0.309 e. The van der Waals surface area contributed by atoms with E-state index in [0.717, 1.165) is 49.3 Å². The fourth-order valence-electron chi connectivity index (χ4n) is 5.15. The van der Waals surface area contributed by atoms with E-state index in [1.54, 1.807) is 7.11 Å². The van der Waals surface area contributed by atoms with Gasteiger partial charge in [-0.15, -0.1) is 0 Å². The van der Waals surface area contributed by atoms with Gasteiger partial charge in [0.2, 0.25) is 0 Å². The third-order valence-electron chi connectivity index (χ3n) is 7.18. The number of hydrogen-bond acceptors (Lipinski definition) is 4. The summed E-state index contributed by atoms with van der Waals surface area (Å²) in [6.07, 6.45) is 4.36. The second-order valence-electron chi connectivity index (χ2n) is 9.39. The lowest BCUT2D eigenvalue weighted by molar-refractivity contribution is -0.147. The fourth-order valence-corrected chi connectivity index (χ4v) is 5.15. The zero-order valence-electron chi connectivity index (χ0n) is 19.5. The van der Waals surface area contributed by atoms with Gasteiger partial charge < -0.3 is 19.5 Å². The van der Waals surface area contributed by atoms with Crippen LogP contribution in [0.1, 0.15) is 54.9 Å². The molecule has 172 valence electrons. The molecule has 2 aromatic rings. The number of aliphatic carboxylic acids is 1. The van der Waals surface area contributed by atoms with Crippen LogP contribution in [0.5, 0.6) is 11.5 Å². The molecule has 1 heterocycles. The zero-order chi connectivity index (χ0) is 22.7. The van der Waals surface area contributed by atoms with Crippen molar-refractivity contribution in [1.29, 1.82) is 0 Å². The van der Waals surface area contributed by atoms with Gasteiger partial charge in [-0.2, -0.15) is 0 Å². The van der Waals surface area contributed by atoms with Crippen LogP contribution in [-0.2, 0) is 24.2 Å². The van der Waals surface area contributed by atoms with E-state index in [9.17, 15) is 4.79 Å². The van der Waals surface area contributed by atoms with Gasteiger partial charge >= 0.3 is 5.97 Å². The van der Waals surface area contributed by atoms with E-state index < -0.39 is 5.97 Å². The summed E-state index contributed by atoms with van der Waals surface area (Å²) in [5.41, 5.74) is 5.14. The predicted molar refractivity (Wildman–Crippen MR) is 126 cm³/mol. The SMILES string of the molecule is CCCc1ccc(COc2ccc3c(c2)CC[C@@H](CN2CC(C(=O)O)C2)[C@H]3C)c(OC)c1. The molecule has 4 rings (SSSR count). The van der Waals surface area contributed by atoms with E-state index in [1.807, 2.05) is 0 Å². The Labute approximate surface area is 191 Å². The van der Waals surface area contributed by atoms with Crippen molar-refractivity contribution in [2.45, 2.75) is 52.1 Å². The van der Waals surface area contributed by atoms with Gasteiger partial charge in [-0.25, -0.2) is 0 Å². The van der Waals surface area contributed by atoms with Crippen LogP contribution in [0.15, 0.2) is 36.4 Å². The summed E-state index contributed by atoms with van der Waals surface area (Å²) in [5, 5.41) is 9.10. The normalized spacial score (nSPS) is 21.0. The second-order valence-corrected chi connectivity index (χ2v) is 9.39. The molecule has 1 saturated heterocycles. The third-order valence-corrected chi connectivity index (χ3v) is 7.18. The molecule has 32 heavy (non-hydrogen) atoms. The topological polar surface area (TPSA) is 59.0 Å². The molecule has 5 heteroatoms. The second kappa shape index (κ2) is 9.95. The number of carboxylic acids is 1. The van der Waals surface area contributed by atoms with E-state index in [1.165, 1.54) is 16.7 Å². The van der Waals surface area contributed by atoms with Crippen LogP contribution in [0.4, 0.5) is 0 Å². The molecule has 1 fully saturated rings. The largest absolute Gasteiger partial charge is 0.496 e. The first-order valence-electron chi connectivity index (χ1n) is 11.8. The molecular formula is C27H35NO4. The molecule has 1 aliphatic heterocycles. The molecule has 2 aromatic carbocycles. The van der Waals surface area contributed by atoms with Crippen molar-refractivity contribution in [1.82, 2.24) is 4.90 Å². The minimum atomic E-state index is -0.662. The maximum Gasteiger partial charge on any atom is 0.309 e. The van der Waals surface area contributed by atoms with Gasteiger partial charge in [0.05, 0.1) is 13.0 Å². The quantitative estimate of drug-likeness (QED) is 0.604. The van der Waals surface area contributed by atoms with Gasteiger partial charge in [0, 0.05) is 25.2 Å². The first-order chi connectivity index (χ1) is 15.5. The van der Waals surface area contributed by atoms with Gasteiger partial charge in [0.25, 0.3) is 0 Å². The molecule has 2 aliphatic rings. The Balaban J connectivity index is 1.36. The van der Waals surface area contributed by atoms with Crippen molar-refractivity contribution < 1.29 is 19.4 Å². The minimum Gasteiger partial charge on any atom is -0.496 e. The van der Waals surface area contributed by atoms with Crippen molar-refractivity contribution in [3.63, 3.8) is 0 Å². The Hall–Kier alpha value is -2.53. The Morgan fingerprint density at radius 3 is 2.72 bits per heavy atom. The van der Waals surface area contributed by atoms with Crippen LogP contribution in [0.3, 0.4) is 0 Å². The first-order valence-corrected chi connectivity index (χ1v) is 11.8. The Kier molecular flexibility index (Phi) is 7.04. The van der Waals surface area contributed by atoms with Crippen LogP contribution in [0, 0.1) is 11.8 Å². The molecule has 0 bridgehead atoms. The molecule has 0 unspecified atom stereocenters. The van der Waals surface area contributed by atoms with E-state index in [4.69, 9.17) is 14.6 Å². The van der Waals surface area contributed by atoms with Crippen molar-refractivity contribution in [2.75, 3.05) is 26.7 Å². The number of aryl methyl sites for hydroxylation is 2. The average molecular weight is 438 g/mol. The molecule has 1 N–H and O–H groups in total. The lowest BCUT2D eigenvalue weighted by Crippen LogP contribution is -2.52. The summed E-state index contributed by atoms with van der Waals surface area (Å²) in [5.74, 6) is 2.01. The highest BCUT2D eigenvalue weighted by atomic mass is 16.5. The molecule has 0 aromatic heterocycles. The standard InChI is InChI=1S/C27H35NO4/c1-4-5-19-6-7-22(26(12-19)31-3)17-32-24-10-11-25-18(2)21(9-8-20(25)13-24)14-28-15-23(16-28)27(29)30/h6-7,10-13,18,21,23H,4-5,8-9,14-17H2,1-3H3,(H,29,30)/t18-,21+/m1/s1. The van der Waals surface area contributed by atoms with Crippen molar-refractivity contribution in [3.8, 4) is 11.5 Å². The first kappa shape index (κ1) is 22.7. The summed E-state index contributed by atoms with van der Waals surface area (Å²) in [4.78, 5) is 13.3. The van der Waals surface area contributed by atoms with Gasteiger partial charge in [-0.3, -0.25) is 4.79 Å². The average Bonchev–Trinajstić information content (AvgIpc) is 2.76. The summed E-state index contributed by atoms with van der Waals surface area (Å²) in [7, 11) is 1.72. The molecule has 0 spiro atoms. The lowest BCUT2D eigenvalue weighted by atomic mass is 9.75. The molecule has 0 saturated carbocycles. The van der Waals surface area contributed by atoms with Crippen LogP contribution in [0.2, 0.25) is 0 Å². The van der Waals surface area contributed by atoms with E-state index >= 15 is 0 Å². The number of methoxy groups -OCH3 is 1. The molecule has 5 nitrogen and oxygen atoms in total. The molecule has 0 radical (unpaired) electrons. The van der Waals surface area contributed by atoms with Gasteiger partial charge in [-0.05, 0) is 66.0 Å². The van der Waals surface area contributed by atoms with Gasteiger partial charge in [0.1, 0.15) is 18.1 Å². The number of likely N-dealkylation sites (tertiary alicyclic amines) is 1. The number of nitrogens with zero attached hydrogens (tertiary/aromatic N) is 1. The number of hydrogen-bond donors (Lipinski definition) is 1. The van der Waals surface area contributed by atoms with Crippen LogP contribution < -0.4 is 9.47 Å². The number of ether oxygens (including phenoxy) is 2. The summed E-state index contributed by atoms with van der Waals surface area (Å²) >= 11 is 0. The van der Waals surface area contributed by atoms with Crippen LogP contribution in [-0.4, -0.2) is 42.7 Å². The number of fused-ring (bicyclic) bond motifs is 1. The summed E-state index contributed by atoms with van der Waals surface area (Å²) in [6, 6.07) is 12.9. The number of carbonyl (C=O) groups is 1. The number of rotatable bonds is 9. The monoisotopic (exact) mass is 437 g/mol. The Morgan fingerprint density at radius 2 is 2.00 bits per heavy atom. The third kappa shape index (κ3) is 4.93. The Bertz CT molecular complexity index is 951. The Morgan fingerprint density at radius 1 is 1.19 bits per heavy atom. The van der Waals surface area contributed by atoms with Crippen molar-refractivity contribution in [2.24, 2.45) is 11.8 Å². The molecule has 1 aliphatic carbocycles. The maximum atomic E-state index is 11.1. The zero-order valence-corrected chi connectivity index (χ0v) is 19.5. The van der Waals surface area contributed by atoms with Gasteiger partial charge in [0.15, 0.2) is 0 Å². The highest BCUT2D eigenvalue weighted by Crippen LogP contribution is 2.39. The van der Waals surface area contributed by atoms with E-state index in [-0.39, 0.29) is 5.92 Å². The minimum absolute atomic E-state index is 0.178. The lowest BCUT2D eigenvalue weighted by Gasteiger charge is -2.42. The van der Waals surface area contributed by atoms with E-state index in [0.29, 0.717) is 31.5 Å². The van der Waals surface area contributed by atoms with E-state index in [2.05, 4.69) is 55.1 Å². The summed E-state index contributed by atoms with van der Waals surface area (Å²) < 4.78 is 11.7. The maximum absolute atomic E-state index is 11.1. The molecule has 2 atom stereocenters. The molecule has 0 amide bonds.